The van der Waals surface area contributed by atoms with Crippen molar-refractivity contribution in [3.8, 4) is 77.9 Å². The number of hydrogen-bond donors (Lipinski definition) is 0. The molecule has 0 aromatic heterocycles. The van der Waals surface area contributed by atoms with E-state index in [1.807, 2.05) is 176 Å². The van der Waals surface area contributed by atoms with E-state index in [1.54, 1.807) is 30.3 Å². The van der Waals surface area contributed by atoms with Gasteiger partial charge >= 0.3 is 0 Å². The fourth-order valence-corrected chi connectivity index (χ4v) is 15.8. The van der Waals surface area contributed by atoms with E-state index in [4.69, 9.17) is 28.8 Å². The van der Waals surface area contributed by atoms with Gasteiger partial charge in [-0.2, -0.15) is 0 Å². The molecule has 0 heterocycles. The second kappa shape index (κ2) is 27.2. The second-order valence-electron chi connectivity index (χ2n) is 26.6. The lowest BCUT2D eigenvalue weighted by Crippen LogP contribution is -1.91. The Morgan fingerprint density at radius 3 is 0.759 bits per heavy atom. The summed E-state index contributed by atoms with van der Waals surface area (Å²) in [4.78, 5) is 0. The van der Waals surface area contributed by atoms with Crippen LogP contribution in [0, 0.1) is 0 Å². The predicted octanol–water partition coefficient (Wildman–Crippen LogP) is 30.6. The topological polar surface area (TPSA) is 0 Å². The van der Waals surface area contributed by atoms with Crippen molar-refractivity contribution < 1.29 is 31.5 Å². The molecular formula is C108H70. The van der Waals surface area contributed by atoms with Crippen molar-refractivity contribution in [3.63, 3.8) is 0 Å². The third kappa shape index (κ3) is 11.2. The molecule has 108 heavy (non-hydrogen) atoms. The molecule has 0 bridgehead atoms. The van der Waals surface area contributed by atoms with Crippen molar-refractivity contribution in [3.05, 3.63) is 424 Å². The van der Waals surface area contributed by atoms with Gasteiger partial charge in [-0.25, -0.2) is 0 Å². The van der Waals surface area contributed by atoms with E-state index in [2.05, 4.69) is 66.7 Å². The Kier molecular flexibility index (Phi) is 11.1. The molecule has 0 spiro atoms. The SMILES string of the molecule is [2H]c1c([2H])c(-c2c3ccccc3c(-c3ccc4ccc5ccccc5c4c3)c3ccccc23)c([2H])c([2H])c1-c1ccccc1.[2H]c1c([2H])c([2H])c2c(-c3ccc4ccc5ccccc5c4c3)c3c([2H])c([2H])c([2H])c([2H])c3c(-c3ccccc3)c2c1[2H].[2H]c1cc([2H])c([2H])c(-c2c3cc([2H])c([2H])c([2H])c3c(-c3ccc4ccc5ccccc5c4c3)c3c([2H])c([2H])c([2H])c([2H])c23)c1[2H]. The van der Waals surface area contributed by atoms with Crippen molar-refractivity contribution in [1.29, 1.82) is 0 Å². The minimum absolute atomic E-state index is 0.0226. The normalized spacial score (nSPS) is 14.5. The molecule has 0 saturated carbocycles. The van der Waals surface area contributed by atoms with Crippen molar-refractivity contribution in [2.24, 2.45) is 0 Å². The first-order valence-corrected chi connectivity index (χ1v) is 35.6. The molecule has 0 aliphatic carbocycles. The fraction of sp³-hybridized carbons (Fsp3) is 0. The molecule has 22 aromatic carbocycles. The van der Waals surface area contributed by atoms with Crippen LogP contribution >= 0.6 is 0 Å². The van der Waals surface area contributed by atoms with Crippen LogP contribution in [0.2, 0.25) is 0 Å². The van der Waals surface area contributed by atoms with Crippen LogP contribution in [0.25, 0.3) is 207 Å². The fourth-order valence-electron chi connectivity index (χ4n) is 15.8. The van der Waals surface area contributed by atoms with Gasteiger partial charge in [-0.3, -0.25) is 0 Å². The Balaban J connectivity index is 0.000000123. The standard InChI is InChI=1S/C40H26.2C34H22/c1-2-10-27(11-3-1)28-18-23-31(24-19-28)39-34-14-6-8-16-36(34)40(37-17-9-7-15-35(37)39)32-25-22-30-21-20-29-12-4-5-13-33(29)38(30)26-32;2*1-2-11-25(12-3-1)33-28-14-6-8-16-30(28)34(31-17-9-7-15-29(31)33)26-21-20-24-19-18-23-10-4-5-13-27(23)32(24)22-26/h1-26H;2*1-22H/i18D,19D,23D,24D;2D,3D,6D,7D,8D,9D,11D,12D,14D,16D,17D;6D,7D,8D,9D,14D,15D,16D,17D. The maximum atomic E-state index is 9.20. The monoisotopic (exact) mass is 1390 g/mol. The zero-order valence-electron chi connectivity index (χ0n) is 80.6. The molecule has 0 aliphatic rings. The molecule has 502 valence electrons. The molecule has 0 fully saturated rings. The van der Waals surface area contributed by atoms with Crippen LogP contribution in [-0.2, 0) is 0 Å². The maximum Gasteiger partial charge on any atom is 0.0629 e. The largest absolute Gasteiger partial charge is 0.0629 e. The molecular weight excluding hydrogens is 1300 g/mol. The molecule has 0 radical (unpaired) electrons. The summed E-state index contributed by atoms with van der Waals surface area (Å²) in [5, 5.41) is 17.4. The number of benzene rings is 22. The van der Waals surface area contributed by atoms with Gasteiger partial charge in [-0.1, -0.05) is 406 Å². The van der Waals surface area contributed by atoms with Gasteiger partial charge in [0.25, 0.3) is 0 Å². The highest BCUT2D eigenvalue weighted by atomic mass is 14.2. The van der Waals surface area contributed by atoms with Gasteiger partial charge in [0.15, 0.2) is 0 Å². The molecule has 0 unspecified atom stereocenters. The maximum absolute atomic E-state index is 9.20. The van der Waals surface area contributed by atoms with Crippen LogP contribution in [0.15, 0.2) is 424 Å². The molecule has 22 aromatic rings. The highest BCUT2D eigenvalue weighted by Gasteiger charge is 2.21. The van der Waals surface area contributed by atoms with Gasteiger partial charge in [0.2, 0.25) is 0 Å². The van der Waals surface area contributed by atoms with Gasteiger partial charge in [-0.05, 0) is 225 Å². The van der Waals surface area contributed by atoms with Gasteiger partial charge < -0.3 is 0 Å². The first-order valence-electron chi connectivity index (χ1n) is 47.1. The Morgan fingerprint density at radius 1 is 0.120 bits per heavy atom. The first-order chi connectivity index (χ1) is 63.1. The van der Waals surface area contributed by atoms with Crippen LogP contribution < -0.4 is 0 Å². The lowest BCUT2D eigenvalue weighted by Gasteiger charge is -2.18. The summed E-state index contributed by atoms with van der Waals surface area (Å²) in [6, 6.07) is 84.1. The van der Waals surface area contributed by atoms with Crippen LogP contribution in [0.5, 0.6) is 0 Å². The van der Waals surface area contributed by atoms with E-state index in [0.717, 1.165) is 87.4 Å². The van der Waals surface area contributed by atoms with E-state index in [1.165, 1.54) is 27.6 Å². The molecule has 0 nitrogen and oxygen atoms in total. The van der Waals surface area contributed by atoms with Crippen LogP contribution in [0.4, 0.5) is 0 Å². The zero-order chi connectivity index (χ0) is 91.5. The van der Waals surface area contributed by atoms with Crippen molar-refractivity contribution >= 4 is 129 Å². The van der Waals surface area contributed by atoms with Gasteiger partial charge in [0.05, 0.1) is 31.5 Å². The van der Waals surface area contributed by atoms with Gasteiger partial charge in [0, 0.05) is 0 Å². The second-order valence-corrected chi connectivity index (χ2v) is 26.6. The van der Waals surface area contributed by atoms with Crippen LogP contribution in [0.1, 0.15) is 31.5 Å². The Hall–Kier alpha value is -14.0. The average Bonchev–Trinajstić information content (AvgIpc) is 0.623. The summed E-state index contributed by atoms with van der Waals surface area (Å²) in [6.45, 7) is 0. The van der Waals surface area contributed by atoms with E-state index in [0.29, 0.717) is 44.5 Å². The zero-order valence-corrected chi connectivity index (χ0v) is 57.6. The van der Waals surface area contributed by atoms with E-state index in [9.17, 15) is 2.74 Å². The van der Waals surface area contributed by atoms with Crippen molar-refractivity contribution in [2.75, 3.05) is 0 Å². The highest BCUT2D eigenvalue weighted by Crippen LogP contribution is 2.49. The highest BCUT2D eigenvalue weighted by molar-refractivity contribution is 6.26. The van der Waals surface area contributed by atoms with Crippen LogP contribution in [-0.4, -0.2) is 0 Å². The van der Waals surface area contributed by atoms with Gasteiger partial charge in [-0.15, -0.1) is 0 Å². The first kappa shape index (κ1) is 43.9. The minimum atomic E-state index is -0.552. The van der Waals surface area contributed by atoms with E-state index >= 15 is 0 Å². The van der Waals surface area contributed by atoms with E-state index in [-0.39, 0.29) is 132 Å². The molecule has 0 atom stereocenters. The summed E-state index contributed by atoms with van der Waals surface area (Å²) < 4.78 is 203. The Labute approximate surface area is 659 Å². The third-order valence-corrected chi connectivity index (χ3v) is 20.7. The number of fused-ring (bicyclic) bond motifs is 15. The lowest BCUT2D eigenvalue weighted by atomic mass is 9.85. The summed E-state index contributed by atoms with van der Waals surface area (Å²) in [5.74, 6) is 0. The molecule has 22 rings (SSSR count). The smallest absolute Gasteiger partial charge is 0.0622 e. The Morgan fingerprint density at radius 2 is 0.370 bits per heavy atom. The molecule has 0 N–H and O–H groups in total. The summed E-state index contributed by atoms with van der Waals surface area (Å²) in [7, 11) is 0. The molecule has 0 aliphatic heterocycles. The number of hydrogen-bond acceptors (Lipinski definition) is 0. The third-order valence-electron chi connectivity index (χ3n) is 20.7. The van der Waals surface area contributed by atoms with Crippen molar-refractivity contribution in [1.82, 2.24) is 0 Å². The summed E-state index contributed by atoms with van der Waals surface area (Å²) >= 11 is 0. The summed E-state index contributed by atoms with van der Waals surface area (Å²) in [6.07, 6.45) is 0. The molecule has 0 heteroatoms. The summed E-state index contributed by atoms with van der Waals surface area (Å²) in [5.41, 5.74) is 6.65. The quantitative estimate of drug-likeness (QED) is 0.110. The average molecular weight is 1390 g/mol. The van der Waals surface area contributed by atoms with Crippen LogP contribution in [0.3, 0.4) is 0 Å². The lowest BCUT2D eigenvalue weighted by molar-refractivity contribution is 1.61. The van der Waals surface area contributed by atoms with Crippen molar-refractivity contribution in [2.45, 2.75) is 0 Å². The van der Waals surface area contributed by atoms with E-state index < -0.39 is 66.5 Å². The predicted molar refractivity (Wildman–Crippen MR) is 467 cm³/mol. The minimum Gasteiger partial charge on any atom is -0.0622 e. The molecule has 0 saturated heterocycles. The Bertz CT molecular complexity index is 8570. The molecule has 0 amide bonds. The van der Waals surface area contributed by atoms with Gasteiger partial charge in [0.1, 0.15) is 0 Å². The number of rotatable bonds is 7.